The van der Waals surface area contributed by atoms with Crippen LogP contribution in [0.2, 0.25) is 0 Å². The van der Waals surface area contributed by atoms with E-state index in [9.17, 15) is 4.79 Å². The number of hydrogen-bond acceptors (Lipinski definition) is 2. The van der Waals surface area contributed by atoms with Crippen molar-refractivity contribution in [2.24, 2.45) is 0 Å². The van der Waals surface area contributed by atoms with Crippen LogP contribution in [0.5, 0.6) is 5.75 Å². The predicted molar refractivity (Wildman–Crippen MR) is 110 cm³/mol. The van der Waals surface area contributed by atoms with Gasteiger partial charge in [0.25, 0.3) is 5.91 Å². The summed E-state index contributed by atoms with van der Waals surface area (Å²) < 4.78 is 6.06. The fourth-order valence-electron chi connectivity index (χ4n) is 3.69. The van der Waals surface area contributed by atoms with E-state index >= 15 is 0 Å². The zero-order valence-electron chi connectivity index (χ0n) is 17.0. The largest absolute Gasteiger partial charge is 0.481 e. The van der Waals surface area contributed by atoms with Gasteiger partial charge in [0.05, 0.1) is 6.04 Å². The summed E-state index contributed by atoms with van der Waals surface area (Å²) in [4.78, 5) is 12.8. The zero-order chi connectivity index (χ0) is 19.4. The highest BCUT2D eigenvalue weighted by Gasteiger charge is 2.21. The standard InChI is InChI=1S/C24H31NO2/c1-5-23(27-22-13-12-19-8-6-7-9-21(19)15-22)24(26)25-18(4)20-11-10-16(2)17(3)14-20/h10-15,18,23H,5-9H2,1-4H3,(H,25,26). The molecule has 2 aromatic rings. The normalized spacial score (nSPS) is 15.6. The number of fused-ring (bicyclic) bond motifs is 1. The van der Waals surface area contributed by atoms with Crippen LogP contribution in [0.4, 0.5) is 0 Å². The average molecular weight is 366 g/mol. The van der Waals surface area contributed by atoms with Gasteiger partial charge in [-0.2, -0.15) is 0 Å². The van der Waals surface area contributed by atoms with Gasteiger partial charge < -0.3 is 10.1 Å². The van der Waals surface area contributed by atoms with Crippen LogP contribution in [-0.2, 0) is 17.6 Å². The van der Waals surface area contributed by atoms with E-state index in [0.29, 0.717) is 6.42 Å². The molecule has 0 fully saturated rings. The van der Waals surface area contributed by atoms with Gasteiger partial charge in [0.2, 0.25) is 0 Å². The summed E-state index contributed by atoms with van der Waals surface area (Å²) in [5, 5.41) is 3.11. The van der Waals surface area contributed by atoms with Crippen LogP contribution in [-0.4, -0.2) is 12.0 Å². The first kappa shape index (κ1) is 19.5. The molecule has 0 heterocycles. The first-order valence-electron chi connectivity index (χ1n) is 10.1. The van der Waals surface area contributed by atoms with Crippen LogP contribution >= 0.6 is 0 Å². The SMILES string of the molecule is CCC(Oc1ccc2c(c1)CCCC2)C(=O)NC(C)c1ccc(C)c(C)c1. The fraction of sp³-hybridized carbons (Fsp3) is 0.458. The summed E-state index contributed by atoms with van der Waals surface area (Å²) in [6.07, 6.45) is 4.94. The second kappa shape index (κ2) is 8.60. The number of benzene rings is 2. The molecule has 1 aliphatic rings. The van der Waals surface area contributed by atoms with E-state index in [1.165, 1.54) is 35.1 Å². The maximum atomic E-state index is 12.8. The Hall–Kier alpha value is -2.29. The molecule has 1 N–H and O–H groups in total. The third-order valence-corrected chi connectivity index (χ3v) is 5.65. The molecule has 3 heteroatoms. The highest BCUT2D eigenvalue weighted by molar-refractivity contribution is 5.81. The second-order valence-corrected chi connectivity index (χ2v) is 7.73. The molecule has 27 heavy (non-hydrogen) atoms. The van der Waals surface area contributed by atoms with Gasteiger partial charge in [-0.05, 0) is 92.8 Å². The molecule has 2 atom stereocenters. The third kappa shape index (κ3) is 4.71. The van der Waals surface area contributed by atoms with Crippen LogP contribution in [0.1, 0.15) is 67.0 Å². The van der Waals surface area contributed by atoms with Crippen LogP contribution in [0.25, 0.3) is 0 Å². The summed E-state index contributed by atoms with van der Waals surface area (Å²) in [6.45, 7) is 8.21. The molecule has 1 amide bonds. The molecule has 2 aromatic carbocycles. The van der Waals surface area contributed by atoms with Crippen molar-refractivity contribution in [1.29, 1.82) is 0 Å². The Bertz CT molecular complexity index is 812. The Kier molecular flexibility index (Phi) is 6.20. The number of aryl methyl sites for hydroxylation is 4. The molecule has 3 nitrogen and oxygen atoms in total. The fourth-order valence-corrected chi connectivity index (χ4v) is 3.69. The van der Waals surface area contributed by atoms with Crippen LogP contribution in [0.3, 0.4) is 0 Å². The Morgan fingerprint density at radius 1 is 1.04 bits per heavy atom. The number of ether oxygens (including phenoxy) is 1. The van der Waals surface area contributed by atoms with Crippen molar-refractivity contribution in [2.45, 2.75) is 71.9 Å². The van der Waals surface area contributed by atoms with Gasteiger partial charge in [-0.25, -0.2) is 0 Å². The summed E-state index contributed by atoms with van der Waals surface area (Å²) in [6, 6.07) is 12.6. The van der Waals surface area contributed by atoms with Crippen LogP contribution in [0, 0.1) is 13.8 Å². The van der Waals surface area contributed by atoms with Gasteiger partial charge in [0.1, 0.15) is 5.75 Å². The van der Waals surface area contributed by atoms with Crippen molar-refractivity contribution >= 4 is 5.91 Å². The van der Waals surface area contributed by atoms with Crippen molar-refractivity contribution in [3.8, 4) is 5.75 Å². The molecule has 0 saturated heterocycles. The third-order valence-electron chi connectivity index (χ3n) is 5.65. The van der Waals surface area contributed by atoms with Gasteiger partial charge in [0, 0.05) is 0 Å². The van der Waals surface area contributed by atoms with Gasteiger partial charge in [0.15, 0.2) is 6.10 Å². The van der Waals surface area contributed by atoms with Crippen molar-refractivity contribution < 1.29 is 9.53 Å². The van der Waals surface area contributed by atoms with Crippen molar-refractivity contribution in [3.05, 3.63) is 64.2 Å². The summed E-state index contributed by atoms with van der Waals surface area (Å²) >= 11 is 0. The lowest BCUT2D eigenvalue weighted by Crippen LogP contribution is -2.39. The molecule has 0 bridgehead atoms. The lowest BCUT2D eigenvalue weighted by molar-refractivity contribution is -0.128. The van der Waals surface area contributed by atoms with Gasteiger partial charge in [-0.15, -0.1) is 0 Å². The van der Waals surface area contributed by atoms with Gasteiger partial charge in [-0.3, -0.25) is 4.79 Å². The van der Waals surface area contributed by atoms with E-state index in [0.717, 1.165) is 24.2 Å². The number of carbonyl (C=O) groups is 1. The molecule has 0 aromatic heterocycles. The molecular formula is C24H31NO2. The van der Waals surface area contributed by atoms with E-state index in [2.05, 4.69) is 49.5 Å². The molecule has 144 valence electrons. The number of rotatable bonds is 6. The minimum atomic E-state index is -0.472. The number of hydrogen-bond donors (Lipinski definition) is 1. The summed E-state index contributed by atoms with van der Waals surface area (Å²) in [7, 11) is 0. The first-order chi connectivity index (χ1) is 13.0. The molecule has 0 radical (unpaired) electrons. The predicted octanol–water partition coefficient (Wildman–Crippen LogP) is 5.22. The molecule has 3 rings (SSSR count). The topological polar surface area (TPSA) is 38.3 Å². The molecule has 2 unspecified atom stereocenters. The Morgan fingerprint density at radius 2 is 1.78 bits per heavy atom. The van der Waals surface area contributed by atoms with Gasteiger partial charge in [-0.1, -0.05) is 31.2 Å². The van der Waals surface area contributed by atoms with E-state index in [1.54, 1.807) is 0 Å². The van der Waals surface area contributed by atoms with Gasteiger partial charge >= 0.3 is 0 Å². The lowest BCUT2D eigenvalue weighted by atomic mass is 9.92. The quantitative estimate of drug-likeness (QED) is 0.762. The summed E-state index contributed by atoms with van der Waals surface area (Å²) in [5.74, 6) is 0.748. The summed E-state index contributed by atoms with van der Waals surface area (Å²) in [5.41, 5.74) is 6.42. The van der Waals surface area contributed by atoms with Crippen molar-refractivity contribution in [2.75, 3.05) is 0 Å². The Labute approximate surface area is 163 Å². The van der Waals surface area contributed by atoms with Crippen molar-refractivity contribution in [1.82, 2.24) is 5.32 Å². The second-order valence-electron chi connectivity index (χ2n) is 7.73. The number of amides is 1. The first-order valence-corrected chi connectivity index (χ1v) is 10.1. The maximum Gasteiger partial charge on any atom is 0.261 e. The minimum absolute atomic E-state index is 0.0435. The zero-order valence-corrected chi connectivity index (χ0v) is 17.0. The minimum Gasteiger partial charge on any atom is -0.481 e. The number of carbonyl (C=O) groups excluding carboxylic acids is 1. The Morgan fingerprint density at radius 3 is 2.48 bits per heavy atom. The van der Waals surface area contributed by atoms with Crippen molar-refractivity contribution in [3.63, 3.8) is 0 Å². The van der Waals surface area contributed by atoms with E-state index < -0.39 is 6.10 Å². The smallest absolute Gasteiger partial charge is 0.261 e. The monoisotopic (exact) mass is 365 g/mol. The molecular weight excluding hydrogens is 334 g/mol. The highest BCUT2D eigenvalue weighted by atomic mass is 16.5. The Balaban J connectivity index is 1.66. The van der Waals surface area contributed by atoms with E-state index in [-0.39, 0.29) is 11.9 Å². The number of nitrogens with one attached hydrogen (secondary N) is 1. The average Bonchev–Trinajstić information content (AvgIpc) is 2.67. The molecule has 0 spiro atoms. The lowest BCUT2D eigenvalue weighted by Gasteiger charge is -2.22. The van der Waals surface area contributed by atoms with E-state index in [4.69, 9.17) is 4.74 Å². The van der Waals surface area contributed by atoms with E-state index in [1.807, 2.05) is 19.9 Å². The molecule has 1 aliphatic carbocycles. The molecule has 0 aliphatic heterocycles. The van der Waals surface area contributed by atoms with Crippen LogP contribution in [0.15, 0.2) is 36.4 Å². The molecule has 0 saturated carbocycles. The maximum absolute atomic E-state index is 12.8. The van der Waals surface area contributed by atoms with Crippen LogP contribution < -0.4 is 10.1 Å². The highest BCUT2D eigenvalue weighted by Crippen LogP contribution is 2.26.